The molecule has 2 unspecified atom stereocenters. The summed E-state index contributed by atoms with van der Waals surface area (Å²) in [6, 6.07) is 6.08. The van der Waals surface area contributed by atoms with Gasteiger partial charge in [-0.3, -0.25) is 0 Å². The molecule has 1 aliphatic heterocycles. The van der Waals surface area contributed by atoms with Crippen LogP contribution in [-0.2, 0) is 4.84 Å². The highest BCUT2D eigenvalue weighted by molar-refractivity contribution is 6.00. The molecule has 116 valence electrons. The van der Waals surface area contributed by atoms with Crippen molar-refractivity contribution < 1.29 is 9.94 Å². The van der Waals surface area contributed by atoms with Gasteiger partial charge in [0.15, 0.2) is 0 Å². The molecule has 0 radical (unpaired) electrons. The van der Waals surface area contributed by atoms with E-state index < -0.39 is 17.0 Å². The van der Waals surface area contributed by atoms with Crippen LogP contribution >= 0.6 is 0 Å². The molecule has 2 rings (SSSR count). The van der Waals surface area contributed by atoms with E-state index in [0.717, 1.165) is 0 Å². The molecule has 0 saturated carbocycles. The van der Waals surface area contributed by atoms with E-state index >= 15 is 0 Å². The second-order valence-electron chi connectivity index (χ2n) is 4.52. The van der Waals surface area contributed by atoms with Gasteiger partial charge in [0, 0.05) is 12.6 Å². The summed E-state index contributed by atoms with van der Waals surface area (Å²) in [6.07, 6.45) is -0.872. The predicted octanol–water partition coefficient (Wildman–Crippen LogP) is -0.0588. The van der Waals surface area contributed by atoms with E-state index in [9.17, 15) is 15.5 Å². The molecule has 0 bridgehead atoms. The molecule has 0 amide bonds. The number of quaternary nitrogens is 1. The maximum absolute atomic E-state index is 12.6. The third-order valence-corrected chi connectivity index (χ3v) is 2.92. The van der Waals surface area contributed by atoms with Gasteiger partial charge in [0.2, 0.25) is 11.6 Å². The van der Waals surface area contributed by atoms with Crippen molar-refractivity contribution in [1.82, 2.24) is 10.2 Å². The number of anilines is 1. The average molecular weight is 296 g/mol. The van der Waals surface area contributed by atoms with Gasteiger partial charge in [-0.15, -0.1) is 0 Å². The minimum Gasteiger partial charge on any atom is -0.751 e. The highest BCUT2D eigenvalue weighted by Crippen LogP contribution is 2.37. The molecule has 9 heteroatoms. The Hall–Kier alpha value is -1.75. The van der Waals surface area contributed by atoms with Crippen molar-refractivity contribution in [3.05, 3.63) is 34.7 Å². The lowest BCUT2D eigenvalue weighted by atomic mass is 10.2. The number of aliphatic hydroxyl groups is 1. The summed E-state index contributed by atoms with van der Waals surface area (Å²) >= 11 is 0. The van der Waals surface area contributed by atoms with E-state index in [2.05, 4.69) is 10.4 Å². The summed E-state index contributed by atoms with van der Waals surface area (Å²) in [7, 11) is 0. The minimum absolute atomic E-state index is 0.0114. The first kappa shape index (κ1) is 15.6. The topological polar surface area (TPSA) is 129 Å². The fourth-order valence-electron chi connectivity index (χ4n) is 1.88. The van der Waals surface area contributed by atoms with Crippen LogP contribution in [0.5, 0.6) is 0 Å². The molecule has 1 aromatic rings. The average Bonchev–Trinajstić information content (AvgIpc) is 2.49. The fraction of sp³-hybridized carbons (Fsp3) is 0.417. The number of fused-ring (bicyclic) bond motifs is 1. The molecule has 4 N–H and O–H groups in total. The van der Waals surface area contributed by atoms with Crippen LogP contribution in [0.4, 0.5) is 11.4 Å². The van der Waals surface area contributed by atoms with Crippen LogP contribution < -0.4 is 21.0 Å². The van der Waals surface area contributed by atoms with Gasteiger partial charge < -0.3 is 31.6 Å². The largest absolute Gasteiger partial charge is 0.751 e. The highest BCUT2D eigenvalue weighted by Gasteiger charge is 2.33. The minimum atomic E-state index is -1.58. The normalized spacial score (nSPS) is 22.7. The summed E-state index contributed by atoms with van der Waals surface area (Å²) in [5, 5.41) is 40.9. The second-order valence-corrected chi connectivity index (χ2v) is 4.52. The fourth-order valence-corrected chi connectivity index (χ4v) is 1.88. The molecule has 9 nitrogen and oxygen atoms in total. The van der Waals surface area contributed by atoms with Gasteiger partial charge in [0.1, 0.15) is 12.3 Å². The summed E-state index contributed by atoms with van der Waals surface area (Å²) < 4.78 is 0. The highest BCUT2D eigenvalue weighted by atomic mass is 17.0. The monoisotopic (exact) mass is 296 g/mol. The van der Waals surface area contributed by atoms with Gasteiger partial charge in [-0.05, 0) is 22.6 Å². The van der Waals surface area contributed by atoms with Crippen molar-refractivity contribution in [3.63, 3.8) is 0 Å². The first-order valence-electron chi connectivity index (χ1n) is 6.54. The molecule has 0 fully saturated rings. The van der Waals surface area contributed by atoms with Crippen LogP contribution in [0.25, 0.3) is 0 Å². The summed E-state index contributed by atoms with van der Waals surface area (Å²) in [5.74, 6) is -0.495. The van der Waals surface area contributed by atoms with Crippen molar-refractivity contribution in [3.8, 4) is 0 Å². The molecule has 2 atom stereocenters. The van der Waals surface area contributed by atoms with E-state index in [-0.39, 0.29) is 24.5 Å². The van der Waals surface area contributed by atoms with Crippen molar-refractivity contribution >= 4 is 17.3 Å². The number of nitrogens with zero attached hydrogens (tertiary/aromatic N) is 3. The van der Waals surface area contributed by atoms with Crippen molar-refractivity contribution in [2.75, 3.05) is 24.8 Å². The van der Waals surface area contributed by atoms with E-state index in [1.807, 2.05) is 6.92 Å². The third kappa shape index (κ3) is 3.29. The summed E-state index contributed by atoms with van der Waals surface area (Å²) in [5.41, 5.74) is 5.53. The number of hydroxylamine groups is 1. The van der Waals surface area contributed by atoms with Crippen LogP contribution in [0, 0.1) is 10.4 Å². The molecule has 0 aromatic heterocycles. The number of likely N-dealkylation sites (N-methyl/N-ethyl adjacent to an activating group) is 1. The number of aliphatic hydroxyl groups excluding tert-OH is 1. The number of hydrogen-bond donors (Lipinski definition) is 3. The van der Waals surface area contributed by atoms with E-state index in [1.54, 1.807) is 12.1 Å². The quantitative estimate of drug-likeness (QED) is 0.495. The zero-order chi connectivity index (χ0) is 15.5. The molecule has 1 aliphatic rings. The maximum atomic E-state index is 12.6. The lowest BCUT2D eigenvalue weighted by Gasteiger charge is -2.41. The molecule has 1 aromatic carbocycles. The molecule has 0 saturated heterocycles. The van der Waals surface area contributed by atoms with Crippen molar-refractivity contribution in [2.24, 2.45) is 10.8 Å². The number of nitrogens with one attached hydrogen (secondary N) is 1. The zero-order valence-electron chi connectivity index (χ0n) is 11.6. The number of nitrogens with two attached hydrogens (primary N) is 1. The lowest BCUT2D eigenvalue weighted by Crippen LogP contribution is -2.49. The molecule has 0 aliphatic carbocycles. The van der Waals surface area contributed by atoms with Gasteiger partial charge in [-0.2, -0.15) is 4.84 Å². The van der Waals surface area contributed by atoms with Gasteiger partial charge in [0.25, 0.3) is 0 Å². The molecular formula is C12H18N5O4-. The number of para-hydroxylation sites is 1. The lowest BCUT2D eigenvalue weighted by molar-refractivity contribution is -0.136. The first-order chi connectivity index (χ1) is 9.98. The van der Waals surface area contributed by atoms with E-state index in [4.69, 9.17) is 10.6 Å². The van der Waals surface area contributed by atoms with Crippen molar-refractivity contribution in [1.29, 1.82) is 0 Å². The Balaban J connectivity index is 2.16. The van der Waals surface area contributed by atoms with E-state index in [0.29, 0.717) is 11.6 Å². The zero-order valence-corrected chi connectivity index (χ0v) is 11.6. The number of rotatable bonds is 6. The summed E-state index contributed by atoms with van der Waals surface area (Å²) in [4.78, 5) is 3.55. The Morgan fingerprint density at radius 3 is 2.95 bits per heavy atom. The van der Waals surface area contributed by atoms with Crippen molar-refractivity contribution in [2.45, 2.75) is 13.0 Å². The standard InChI is InChI=1S/C12H18N5O4/c1-2-14-7-9(18)8-21-17(20)11-6-4-3-5-10(11)16(19)12(13)15-17/h3-6,9,14,18H,2,7-8H2,1H3,(H2,13,15)/q-1. The third-order valence-electron chi connectivity index (χ3n) is 2.92. The maximum Gasteiger partial charge on any atom is 0.248 e. The Labute approximate surface area is 121 Å². The van der Waals surface area contributed by atoms with Crippen LogP contribution in [0.1, 0.15) is 6.92 Å². The molecule has 1 heterocycles. The smallest absolute Gasteiger partial charge is 0.248 e. The Morgan fingerprint density at radius 2 is 2.24 bits per heavy atom. The first-order valence-corrected chi connectivity index (χ1v) is 6.54. The summed E-state index contributed by atoms with van der Waals surface area (Å²) in [6.45, 7) is 2.61. The van der Waals surface area contributed by atoms with Gasteiger partial charge >= 0.3 is 0 Å². The van der Waals surface area contributed by atoms with Crippen LogP contribution in [-0.4, -0.2) is 36.9 Å². The molecule has 21 heavy (non-hydrogen) atoms. The number of hydrogen-bond acceptors (Lipinski definition) is 8. The van der Waals surface area contributed by atoms with Crippen LogP contribution in [0.15, 0.2) is 29.4 Å². The van der Waals surface area contributed by atoms with E-state index in [1.165, 1.54) is 12.1 Å². The number of benzene rings is 1. The Kier molecular flexibility index (Phi) is 4.73. The van der Waals surface area contributed by atoms with Crippen LogP contribution in [0.3, 0.4) is 0 Å². The van der Waals surface area contributed by atoms with Gasteiger partial charge in [0.05, 0.1) is 6.10 Å². The van der Waals surface area contributed by atoms with Crippen LogP contribution in [0.2, 0.25) is 0 Å². The van der Waals surface area contributed by atoms with Gasteiger partial charge in [-0.25, -0.2) is 0 Å². The second kappa shape index (κ2) is 6.35. The predicted molar refractivity (Wildman–Crippen MR) is 79.6 cm³/mol. The molecular weight excluding hydrogens is 278 g/mol. The van der Waals surface area contributed by atoms with Gasteiger partial charge in [-0.1, -0.05) is 19.1 Å². The molecule has 0 spiro atoms. The Morgan fingerprint density at radius 1 is 1.52 bits per heavy atom. The number of guanidine groups is 1. The Bertz CT molecular complexity index is 526. The SMILES string of the molecule is CCNCC(O)CO[N+]1([O-])N=C(N)N([O-])c2ccccc21.